The quantitative estimate of drug-likeness (QED) is 0.621. The van der Waals surface area contributed by atoms with Crippen molar-refractivity contribution in [1.82, 2.24) is 4.72 Å². The minimum absolute atomic E-state index is 0.178. The molecule has 1 aliphatic carbocycles. The van der Waals surface area contributed by atoms with Gasteiger partial charge in [-0.05, 0) is 6.42 Å². The number of nitrogens with one attached hydrogen (secondary N) is 1. The molecular weight excluding hydrogens is 188 g/mol. The van der Waals surface area contributed by atoms with E-state index >= 15 is 0 Å². The van der Waals surface area contributed by atoms with Crippen LogP contribution in [0.15, 0.2) is 0 Å². The molecule has 1 amide bonds. The van der Waals surface area contributed by atoms with Crippen molar-refractivity contribution in [1.29, 1.82) is 0 Å². The molecule has 2 atom stereocenters. The van der Waals surface area contributed by atoms with E-state index in [1.807, 2.05) is 6.92 Å². The molecule has 0 bridgehead atoms. The van der Waals surface area contributed by atoms with Crippen LogP contribution < -0.4 is 10.5 Å². The number of amides is 1. The number of hydrogen-bond donors (Lipinski definition) is 2. The first kappa shape index (κ1) is 10.8. The Bertz CT molecular complexity index is 185. The molecule has 1 fully saturated rings. The highest BCUT2D eigenvalue weighted by Crippen LogP contribution is 2.27. The first-order chi connectivity index (χ1) is 6.15. The van der Waals surface area contributed by atoms with Crippen LogP contribution in [0.2, 0.25) is 0 Å². The van der Waals surface area contributed by atoms with Gasteiger partial charge in [-0.2, -0.15) is 4.72 Å². The van der Waals surface area contributed by atoms with Gasteiger partial charge in [-0.25, -0.2) is 0 Å². The van der Waals surface area contributed by atoms with Gasteiger partial charge in [0.2, 0.25) is 0 Å². The van der Waals surface area contributed by atoms with E-state index in [1.165, 1.54) is 0 Å². The third kappa shape index (κ3) is 3.54. The normalized spacial score (nSPS) is 20.8. The highest BCUT2D eigenvalue weighted by atomic mass is 32.2. The Kier molecular flexibility index (Phi) is 4.02. The largest absolute Gasteiger partial charge is 0.593 e. The Labute approximate surface area is 81.6 Å². The van der Waals surface area contributed by atoms with E-state index in [0.29, 0.717) is 6.42 Å². The smallest absolute Gasteiger partial charge is 0.278 e. The maximum Gasteiger partial charge on any atom is 0.278 e. The zero-order valence-corrected chi connectivity index (χ0v) is 8.60. The van der Waals surface area contributed by atoms with Crippen LogP contribution in [0.1, 0.15) is 32.6 Å². The first-order valence-corrected chi connectivity index (χ1v) is 5.83. The zero-order chi connectivity index (χ0) is 9.84. The van der Waals surface area contributed by atoms with Gasteiger partial charge in [-0.15, -0.1) is 0 Å². The fraction of sp³-hybridized carbons (Fsp3) is 0.875. The van der Waals surface area contributed by atoms with Crippen molar-refractivity contribution in [3.63, 3.8) is 0 Å². The maximum atomic E-state index is 11.2. The van der Waals surface area contributed by atoms with E-state index in [0.717, 1.165) is 19.3 Å². The Morgan fingerprint density at radius 2 is 2.38 bits per heavy atom. The summed E-state index contributed by atoms with van der Waals surface area (Å²) in [5.41, 5.74) is 5.55. The Morgan fingerprint density at radius 3 is 2.85 bits per heavy atom. The molecule has 4 nitrogen and oxygen atoms in total. The van der Waals surface area contributed by atoms with Crippen LogP contribution in [0.25, 0.3) is 0 Å². The summed E-state index contributed by atoms with van der Waals surface area (Å²) in [7, 11) is 0. The van der Waals surface area contributed by atoms with Gasteiger partial charge in [0.15, 0.2) is 0 Å². The molecule has 1 saturated carbocycles. The number of carbonyl (C=O) groups excluding carboxylic acids is 1. The summed E-state index contributed by atoms with van der Waals surface area (Å²) in [4.78, 5) is 11.2. The Balaban J connectivity index is 2.22. The second kappa shape index (κ2) is 4.83. The number of hydrogen-bond acceptors (Lipinski definition) is 3. The second-order valence-corrected chi connectivity index (χ2v) is 4.82. The van der Waals surface area contributed by atoms with Gasteiger partial charge >= 0.3 is 0 Å². The lowest BCUT2D eigenvalue weighted by Gasteiger charge is -2.13. The van der Waals surface area contributed by atoms with Crippen molar-refractivity contribution >= 4 is 17.3 Å². The van der Waals surface area contributed by atoms with Crippen LogP contribution in [0.5, 0.6) is 0 Å². The average Bonchev–Trinajstić information content (AvgIpc) is 2.86. The summed E-state index contributed by atoms with van der Waals surface area (Å²) in [6, 6.07) is -0.507. The molecule has 0 saturated heterocycles. The Morgan fingerprint density at radius 1 is 1.77 bits per heavy atom. The Hall–Kier alpha value is -0.260. The average molecular weight is 204 g/mol. The summed E-state index contributed by atoms with van der Waals surface area (Å²) < 4.78 is 13.7. The van der Waals surface area contributed by atoms with Gasteiger partial charge in [0, 0.05) is 12.8 Å². The third-order valence-corrected chi connectivity index (χ3v) is 3.44. The summed E-state index contributed by atoms with van der Waals surface area (Å²) in [6.45, 7) is 1.96. The van der Waals surface area contributed by atoms with Crippen LogP contribution >= 0.6 is 0 Å². The fourth-order valence-electron chi connectivity index (χ4n) is 0.982. The van der Waals surface area contributed by atoms with Crippen molar-refractivity contribution in [3.8, 4) is 0 Å². The molecule has 3 N–H and O–H groups in total. The van der Waals surface area contributed by atoms with E-state index in [2.05, 4.69) is 4.72 Å². The summed E-state index contributed by atoms with van der Waals surface area (Å²) in [6.07, 6.45) is 3.42. The van der Waals surface area contributed by atoms with Gasteiger partial charge in [0.25, 0.3) is 5.91 Å². The molecule has 0 spiro atoms. The topological polar surface area (TPSA) is 78.2 Å². The molecule has 1 aliphatic rings. The molecule has 0 aromatic rings. The van der Waals surface area contributed by atoms with E-state index in [1.54, 1.807) is 0 Å². The summed E-state index contributed by atoms with van der Waals surface area (Å²) >= 11 is -1.19. The van der Waals surface area contributed by atoms with Gasteiger partial charge in [-0.3, -0.25) is 4.79 Å². The molecule has 13 heavy (non-hydrogen) atoms. The molecular formula is C8H16N2O2S. The van der Waals surface area contributed by atoms with Crippen LogP contribution in [0.3, 0.4) is 0 Å². The number of carbonyl (C=O) groups is 1. The summed E-state index contributed by atoms with van der Waals surface area (Å²) in [5, 5.41) is 0.178. The molecule has 1 rings (SSSR count). The van der Waals surface area contributed by atoms with Gasteiger partial charge in [0.05, 0.1) is 17.4 Å². The maximum absolute atomic E-state index is 11.2. The zero-order valence-electron chi connectivity index (χ0n) is 7.79. The molecule has 0 radical (unpaired) electrons. The molecule has 0 aromatic carbocycles. The molecule has 5 heteroatoms. The van der Waals surface area contributed by atoms with Gasteiger partial charge in [-0.1, -0.05) is 13.3 Å². The van der Waals surface area contributed by atoms with Crippen LogP contribution in [0, 0.1) is 0 Å². The van der Waals surface area contributed by atoms with E-state index in [-0.39, 0.29) is 11.2 Å². The third-order valence-electron chi connectivity index (χ3n) is 1.96. The second-order valence-electron chi connectivity index (χ2n) is 3.36. The highest BCUT2D eigenvalue weighted by molar-refractivity contribution is 7.90. The predicted octanol–water partition coefficient (Wildman–Crippen LogP) is 0.0561. The van der Waals surface area contributed by atoms with Gasteiger partial charge < -0.3 is 10.3 Å². The minimum atomic E-state index is -1.19. The first-order valence-electron chi connectivity index (χ1n) is 4.61. The SMILES string of the molecule is CCCC(N)C(=O)N[S+]([O-])C1CC1. The van der Waals surface area contributed by atoms with Crippen LogP contribution in [-0.2, 0) is 16.2 Å². The highest BCUT2D eigenvalue weighted by Gasteiger charge is 2.36. The minimum Gasteiger partial charge on any atom is -0.593 e. The van der Waals surface area contributed by atoms with E-state index < -0.39 is 17.4 Å². The molecule has 0 aromatic heterocycles. The monoisotopic (exact) mass is 204 g/mol. The van der Waals surface area contributed by atoms with E-state index in [9.17, 15) is 9.35 Å². The van der Waals surface area contributed by atoms with Crippen molar-refractivity contribution in [2.24, 2.45) is 5.73 Å². The molecule has 76 valence electrons. The van der Waals surface area contributed by atoms with Crippen molar-refractivity contribution in [2.75, 3.05) is 0 Å². The van der Waals surface area contributed by atoms with Crippen molar-refractivity contribution < 1.29 is 9.35 Å². The van der Waals surface area contributed by atoms with Crippen LogP contribution in [-0.4, -0.2) is 21.8 Å². The van der Waals surface area contributed by atoms with Crippen molar-refractivity contribution in [2.45, 2.75) is 43.9 Å². The number of rotatable bonds is 5. The van der Waals surface area contributed by atoms with E-state index in [4.69, 9.17) is 5.73 Å². The number of nitrogens with two attached hydrogens (primary N) is 1. The molecule has 0 heterocycles. The lowest BCUT2D eigenvalue weighted by Crippen LogP contribution is -2.44. The molecule has 0 aliphatic heterocycles. The predicted molar refractivity (Wildman–Crippen MR) is 52.2 cm³/mol. The fourth-order valence-corrected chi connectivity index (χ4v) is 2.06. The molecule has 2 unspecified atom stereocenters. The lowest BCUT2D eigenvalue weighted by atomic mass is 10.2. The van der Waals surface area contributed by atoms with Crippen LogP contribution in [0.4, 0.5) is 0 Å². The van der Waals surface area contributed by atoms with Crippen molar-refractivity contribution in [3.05, 3.63) is 0 Å². The standard InChI is InChI=1S/C8H16N2O2S/c1-2-3-7(9)8(11)10-13(12)6-4-5-6/h6-7H,2-5,9H2,1H3,(H,10,11). The van der Waals surface area contributed by atoms with Gasteiger partial charge in [0.1, 0.15) is 5.25 Å². The lowest BCUT2D eigenvalue weighted by molar-refractivity contribution is -0.120. The summed E-state index contributed by atoms with van der Waals surface area (Å²) in [5.74, 6) is -0.285.